The first-order valence-corrected chi connectivity index (χ1v) is 43.5. The molecule has 2 aromatic carbocycles. The third-order valence-corrected chi connectivity index (χ3v) is 24.8. The first-order valence-electron chi connectivity index (χ1n) is 43.5. The number of rotatable bonds is 63. The summed E-state index contributed by atoms with van der Waals surface area (Å²) < 4.78 is 91.8. The van der Waals surface area contributed by atoms with Crippen LogP contribution in [-0.2, 0) is 104 Å². The van der Waals surface area contributed by atoms with Crippen LogP contribution in [-0.4, -0.2) is 191 Å². The molecular formula is C89H142F3N3O19. The molecule has 5 aliphatic rings. The van der Waals surface area contributed by atoms with Crippen molar-refractivity contribution in [3.05, 3.63) is 70.8 Å². The van der Waals surface area contributed by atoms with Crippen LogP contribution >= 0.6 is 0 Å². The summed E-state index contributed by atoms with van der Waals surface area (Å²) in [5, 5.41) is 2.78. The number of esters is 1. The van der Waals surface area contributed by atoms with Crippen LogP contribution in [0.5, 0.6) is 0 Å². The Hall–Kier alpha value is -4.87. The molecule has 7 rings (SSSR count). The van der Waals surface area contributed by atoms with Crippen LogP contribution in [0, 0.1) is 65.1 Å². The molecule has 22 nitrogen and oxygen atoms in total. The molecule has 648 valence electrons. The number of likely N-dealkylation sites (tertiary alicyclic amines) is 1. The van der Waals surface area contributed by atoms with Gasteiger partial charge in [0.2, 0.25) is 11.8 Å². The highest BCUT2D eigenvalue weighted by Crippen LogP contribution is 2.68. The number of alkyl halides is 3. The van der Waals surface area contributed by atoms with E-state index in [9.17, 15) is 41.9 Å². The number of ketones is 3. The minimum absolute atomic E-state index is 0.0238. The van der Waals surface area contributed by atoms with Crippen LogP contribution in [0.1, 0.15) is 249 Å². The van der Waals surface area contributed by atoms with E-state index in [0.717, 1.165) is 118 Å². The molecule has 3 N–H and O–H groups in total. The van der Waals surface area contributed by atoms with E-state index in [-0.39, 0.29) is 145 Å². The van der Waals surface area contributed by atoms with Gasteiger partial charge < -0.3 is 53.7 Å². The highest BCUT2D eigenvalue weighted by molar-refractivity contribution is 6.03. The maximum absolute atomic E-state index is 13.5. The topological polar surface area (TPSA) is 264 Å². The van der Waals surface area contributed by atoms with Crippen LogP contribution < -0.4 is 11.1 Å². The fourth-order valence-corrected chi connectivity index (χ4v) is 18.9. The minimum atomic E-state index is -4.41. The number of hydrogen-bond donors (Lipinski definition) is 2. The maximum Gasteiger partial charge on any atom is 0.416 e. The number of halogens is 3. The van der Waals surface area contributed by atoms with Crippen molar-refractivity contribution in [1.82, 2.24) is 10.2 Å². The Bertz CT molecular complexity index is 3060. The Kier molecular flexibility index (Phi) is 45.3. The molecule has 0 radical (unpaired) electrons. The molecule has 1 aliphatic heterocycles. The molecule has 0 bridgehead atoms. The number of aryl methyl sites for hydroxylation is 1. The fraction of sp³-hybridized carbons (Fsp3) is 0.798. The second kappa shape index (κ2) is 53.6. The average molecular weight is 1620 g/mol. The lowest BCUT2D eigenvalue weighted by atomic mass is 9.44. The van der Waals surface area contributed by atoms with Crippen LogP contribution in [0.4, 0.5) is 13.2 Å². The minimum Gasteiger partial charge on any atom is -0.462 e. The number of carbonyl (C=O) groups is 6. The Balaban J connectivity index is 0.552. The van der Waals surface area contributed by atoms with Crippen LogP contribution in [0.25, 0.3) is 0 Å². The summed E-state index contributed by atoms with van der Waals surface area (Å²) in [6.07, 6.45) is 19.8. The zero-order chi connectivity index (χ0) is 81.8. The van der Waals surface area contributed by atoms with Gasteiger partial charge in [0.15, 0.2) is 0 Å². The van der Waals surface area contributed by atoms with Crippen LogP contribution in [0.15, 0.2) is 48.5 Å². The van der Waals surface area contributed by atoms with Gasteiger partial charge in [-0.2, -0.15) is 13.2 Å². The molecule has 2 aromatic rings. The van der Waals surface area contributed by atoms with E-state index in [1.165, 1.54) is 69.9 Å². The first kappa shape index (κ1) is 96.3. The lowest BCUT2D eigenvalue weighted by Gasteiger charge is -2.61. The summed E-state index contributed by atoms with van der Waals surface area (Å²) in [5.41, 5.74) is 7.97. The number of primary amides is 1. The molecule has 1 heterocycles. The van der Waals surface area contributed by atoms with Gasteiger partial charge in [-0.1, -0.05) is 115 Å². The number of amides is 2. The summed E-state index contributed by atoms with van der Waals surface area (Å²) in [7, 11) is 0. The van der Waals surface area contributed by atoms with Gasteiger partial charge in [0.05, 0.1) is 103 Å². The lowest BCUT2D eigenvalue weighted by molar-refractivity contribution is -0.303. The zero-order valence-electron chi connectivity index (χ0n) is 69.9. The number of Topliss-reactive ketones (excluding diaryl/α,β-unsaturated/α-hetero) is 3. The van der Waals surface area contributed by atoms with E-state index in [1.54, 1.807) is 13.0 Å². The van der Waals surface area contributed by atoms with Crippen molar-refractivity contribution in [2.45, 2.75) is 259 Å². The molecule has 25 heteroatoms. The SMILES string of the molecule is Cc1cc(CO[C@H]2CCCN(CCCCCCCC(=O)CCCOCCOOCCOCCC(=O)CCCOCCOCCOCCC(=O)NCCOCCOOCCOCCCC(=O)[C@@H](CC(=O)OC3CC[C@@]4(C)C(CCC5C4CC[C@@]4(C)C5CC[C@@H]4C(C)CCCC(C)C)C3)C(N)=O)[C@H]2c2ccccc2)cc(C(F)(F)F)c1. The number of carbonyl (C=O) groups excluding carboxylic acids is 6. The summed E-state index contributed by atoms with van der Waals surface area (Å²) in [6.45, 7) is 21.6. The second-order valence-electron chi connectivity index (χ2n) is 33.6. The molecule has 0 spiro atoms. The molecule has 5 fully saturated rings. The summed E-state index contributed by atoms with van der Waals surface area (Å²) in [4.78, 5) is 98.8. The molecule has 0 aromatic heterocycles. The van der Waals surface area contributed by atoms with Crippen LogP contribution in [0.3, 0.4) is 0 Å². The number of unbranched alkanes of at least 4 members (excludes halogenated alkanes) is 4. The van der Waals surface area contributed by atoms with Gasteiger partial charge in [-0.05, 0) is 198 Å². The third kappa shape index (κ3) is 34.8. The van der Waals surface area contributed by atoms with E-state index in [2.05, 4.69) is 57.0 Å². The first-order chi connectivity index (χ1) is 55.0. The van der Waals surface area contributed by atoms with Crippen molar-refractivity contribution < 1.29 is 104 Å². The Morgan fingerprint density at radius 1 is 0.570 bits per heavy atom. The number of nitrogens with one attached hydrogen (secondary N) is 1. The van der Waals surface area contributed by atoms with Gasteiger partial charge >= 0.3 is 12.1 Å². The summed E-state index contributed by atoms with van der Waals surface area (Å²) in [5.74, 6) is 2.45. The Labute approximate surface area is 678 Å². The van der Waals surface area contributed by atoms with E-state index in [4.69, 9.17) is 67.9 Å². The molecule has 114 heavy (non-hydrogen) atoms. The van der Waals surface area contributed by atoms with E-state index < -0.39 is 29.5 Å². The highest BCUT2D eigenvalue weighted by atomic mass is 19.4. The molecule has 6 unspecified atom stereocenters. The number of nitrogens with two attached hydrogens (primary N) is 1. The monoisotopic (exact) mass is 1610 g/mol. The molecule has 12 atom stereocenters. The molecule has 4 aliphatic carbocycles. The molecular weight excluding hydrogens is 1470 g/mol. The predicted molar refractivity (Wildman–Crippen MR) is 427 cm³/mol. The van der Waals surface area contributed by atoms with Gasteiger partial charge in [-0.25, -0.2) is 19.6 Å². The van der Waals surface area contributed by atoms with E-state index in [0.29, 0.717) is 120 Å². The summed E-state index contributed by atoms with van der Waals surface area (Å²) >= 11 is 0. The second-order valence-corrected chi connectivity index (χ2v) is 33.6. The number of benzene rings is 2. The van der Waals surface area contributed by atoms with Crippen molar-refractivity contribution in [3.63, 3.8) is 0 Å². The predicted octanol–water partition coefficient (Wildman–Crippen LogP) is 15.6. The van der Waals surface area contributed by atoms with Crippen molar-refractivity contribution >= 4 is 35.1 Å². The van der Waals surface area contributed by atoms with Gasteiger partial charge in [0, 0.05) is 64.9 Å². The lowest BCUT2D eigenvalue weighted by Crippen LogP contribution is -2.54. The normalized spacial score (nSPS) is 23.6. The Morgan fingerprint density at radius 2 is 1.14 bits per heavy atom. The van der Waals surface area contributed by atoms with Crippen LogP contribution in [0.2, 0.25) is 0 Å². The number of nitrogens with zero attached hydrogens (tertiary/aromatic N) is 1. The van der Waals surface area contributed by atoms with Crippen molar-refractivity contribution in [3.8, 4) is 0 Å². The maximum atomic E-state index is 13.5. The Morgan fingerprint density at radius 3 is 1.79 bits per heavy atom. The summed E-state index contributed by atoms with van der Waals surface area (Å²) in [6, 6.07) is 14.4. The zero-order valence-corrected chi connectivity index (χ0v) is 69.9. The van der Waals surface area contributed by atoms with E-state index in [1.807, 2.05) is 18.2 Å². The highest BCUT2D eigenvalue weighted by Gasteiger charge is 2.61. The number of hydrogen-bond acceptors (Lipinski definition) is 20. The smallest absolute Gasteiger partial charge is 0.416 e. The number of ether oxygens (including phenoxy) is 9. The quantitative estimate of drug-likeness (QED) is 0.0205. The number of piperidine rings is 1. The van der Waals surface area contributed by atoms with Gasteiger partial charge in [-0.15, -0.1) is 0 Å². The molecule has 4 saturated carbocycles. The van der Waals surface area contributed by atoms with Gasteiger partial charge in [0.25, 0.3) is 0 Å². The number of fused-ring (bicyclic) bond motifs is 5. The van der Waals surface area contributed by atoms with Crippen molar-refractivity contribution in [2.75, 3.05) is 139 Å². The van der Waals surface area contributed by atoms with Gasteiger partial charge in [0.1, 0.15) is 55.8 Å². The van der Waals surface area contributed by atoms with Gasteiger partial charge in [-0.3, -0.25) is 33.7 Å². The fourth-order valence-electron chi connectivity index (χ4n) is 18.9. The standard InChI is InChI=1S/C89H142F3N3O19/c1-66(2)20-15-21-68(4)78-31-32-79-76-30-29-71-63-75(33-37-87(71,5)80(76)34-38-88(78,79)6)114-84(100)64-77(86(93)101)81(98)27-19-44-104-53-57-111-113-59-55-107-47-39-94-83(99)36-46-106-49-51-108-50-48-102-42-18-26-74(97)35-45-105-54-58-112-110-56-52-103-43-17-25-73(96)24-13-8-7-9-14-40-95-41-16-28-82(85(95)70-22-11-10-12-23-70)109-65-69-60-67(3)61-72(62-69)89(90,91)92/h10-12,22-23,60-62,66,68,71,75-80,82,85H,7-9,13-21,24-59,63-65H2,1-6H3,(H2,93,101)(H,94,99)/t68?,71?,75?,76?,77-,78-,79?,80?,82+,85+,87+,88-/m1/s1. The van der Waals surface area contributed by atoms with Crippen molar-refractivity contribution in [1.29, 1.82) is 0 Å². The average Bonchev–Trinajstić information content (AvgIpc) is 1.44. The largest absolute Gasteiger partial charge is 0.462 e. The molecule has 2 amide bonds. The third-order valence-electron chi connectivity index (χ3n) is 24.8. The van der Waals surface area contributed by atoms with E-state index >= 15 is 0 Å². The molecule has 1 saturated heterocycles. The van der Waals surface area contributed by atoms with Crippen molar-refractivity contribution in [2.24, 2.45) is 63.9 Å².